The normalized spacial score (nSPS) is 10.5. The Kier molecular flexibility index (Phi) is 4.65. The number of carbonyl (C=O) groups excluding carboxylic acids is 1. The third-order valence-electron chi connectivity index (χ3n) is 2.55. The number of nitrogen functional groups attached to an aromatic ring is 1. The number of nitrogens with zero attached hydrogens (tertiary/aromatic N) is 1. The van der Waals surface area contributed by atoms with Crippen molar-refractivity contribution >= 4 is 28.9 Å². The average molecular weight is 306 g/mol. The summed E-state index contributed by atoms with van der Waals surface area (Å²) in [7, 11) is 0. The van der Waals surface area contributed by atoms with Gasteiger partial charge in [0, 0.05) is 22.5 Å². The summed E-state index contributed by atoms with van der Waals surface area (Å²) in [5, 5.41) is 3.15. The first-order valence-corrected chi connectivity index (χ1v) is 6.82. The van der Waals surface area contributed by atoms with Crippen molar-refractivity contribution in [1.82, 2.24) is 4.98 Å². The van der Waals surface area contributed by atoms with Crippen LogP contribution in [0.3, 0.4) is 0 Å². The zero-order valence-corrected chi connectivity index (χ0v) is 12.5. The van der Waals surface area contributed by atoms with Crippen molar-refractivity contribution in [3.8, 4) is 5.88 Å². The van der Waals surface area contributed by atoms with Gasteiger partial charge in [0.1, 0.15) is 5.69 Å². The zero-order valence-electron chi connectivity index (χ0n) is 11.8. The van der Waals surface area contributed by atoms with E-state index in [-0.39, 0.29) is 12.0 Å². The van der Waals surface area contributed by atoms with Crippen molar-refractivity contribution in [2.75, 3.05) is 11.1 Å². The van der Waals surface area contributed by atoms with Gasteiger partial charge >= 0.3 is 0 Å². The number of carbonyl (C=O) groups is 1. The maximum absolute atomic E-state index is 12.2. The monoisotopic (exact) mass is 305 g/mol. The molecule has 0 unspecified atom stereocenters. The topological polar surface area (TPSA) is 77.2 Å². The summed E-state index contributed by atoms with van der Waals surface area (Å²) >= 11 is 5.90. The Labute approximate surface area is 128 Å². The van der Waals surface area contributed by atoms with Gasteiger partial charge in [0.2, 0.25) is 5.88 Å². The molecule has 0 spiro atoms. The fourth-order valence-corrected chi connectivity index (χ4v) is 1.98. The van der Waals surface area contributed by atoms with Crippen LogP contribution in [-0.4, -0.2) is 17.0 Å². The Morgan fingerprint density at radius 2 is 2.14 bits per heavy atom. The van der Waals surface area contributed by atoms with E-state index in [0.29, 0.717) is 27.8 Å². The standard InChI is InChI=1S/C15H16ClN3O2/c1-9(2)21-15-13(4-3-5-18-15)19-14(20)10-6-11(16)8-12(17)7-10/h3-9H,17H2,1-2H3,(H,19,20). The minimum Gasteiger partial charge on any atom is -0.473 e. The summed E-state index contributed by atoms with van der Waals surface area (Å²) in [6.07, 6.45) is 1.56. The molecule has 2 aromatic rings. The number of halogens is 1. The molecule has 0 atom stereocenters. The molecule has 1 aromatic heterocycles. The number of hydrogen-bond donors (Lipinski definition) is 2. The number of hydrogen-bond acceptors (Lipinski definition) is 4. The molecular formula is C15H16ClN3O2. The fourth-order valence-electron chi connectivity index (χ4n) is 1.74. The summed E-state index contributed by atoms with van der Waals surface area (Å²) in [4.78, 5) is 16.4. The molecule has 0 aliphatic rings. The predicted molar refractivity (Wildman–Crippen MR) is 83.8 cm³/mol. The maximum atomic E-state index is 12.2. The highest BCUT2D eigenvalue weighted by Gasteiger charge is 2.12. The Morgan fingerprint density at radius 3 is 2.81 bits per heavy atom. The first-order chi connectivity index (χ1) is 9.95. The highest BCUT2D eigenvalue weighted by atomic mass is 35.5. The van der Waals surface area contributed by atoms with Crippen LogP contribution in [-0.2, 0) is 0 Å². The van der Waals surface area contributed by atoms with Crippen molar-refractivity contribution in [3.05, 3.63) is 47.1 Å². The third kappa shape index (κ3) is 4.10. The lowest BCUT2D eigenvalue weighted by molar-refractivity contribution is 0.102. The molecule has 0 bridgehead atoms. The highest BCUT2D eigenvalue weighted by Crippen LogP contribution is 2.23. The second-order valence-electron chi connectivity index (χ2n) is 4.75. The van der Waals surface area contributed by atoms with Crippen LogP contribution in [0.1, 0.15) is 24.2 Å². The van der Waals surface area contributed by atoms with E-state index in [2.05, 4.69) is 10.3 Å². The molecule has 6 heteroatoms. The van der Waals surface area contributed by atoms with Gasteiger partial charge in [-0.2, -0.15) is 0 Å². The number of aromatic nitrogens is 1. The number of pyridine rings is 1. The number of nitrogens with two attached hydrogens (primary N) is 1. The summed E-state index contributed by atoms with van der Waals surface area (Å²) in [6.45, 7) is 3.77. The number of rotatable bonds is 4. The molecule has 1 aromatic carbocycles. The number of anilines is 2. The lowest BCUT2D eigenvalue weighted by Gasteiger charge is -2.13. The Balaban J connectivity index is 2.23. The first-order valence-electron chi connectivity index (χ1n) is 6.45. The van der Waals surface area contributed by atoms with E-state index >= 15 is 0 Å². The molecule has 0 saturated heterocycles. The van der Waals surface area contributed by atoms with Crippen LogP contribution in [0.25, 0.3) is 0 Å². The van der Waals surface area contributed by atoms with Crippen molar-refractivity contribution in [2.24, 2.45) is 0 Å². The second-order valence-corrected chi connectivity index (χ2v) is 5.19. The predicted octanol–water partition coefficient (Wildman–Crippen LogP) is 3.36. The van der Waals surface area contributed by atoms with E-state index in [1.54, 1.807) is 36.5 Å². The molecule has 21 heavy (non-hydrogen) atoms. The van der Waals surface area contributed by atoms with Crippen LogP contribution in [0.4, 0.5) is 11.4 Å². The van der Waals surface area contributed by atoms with E-state index in [1.165, 1.54) is 0 Å². The van der Waals surface area contributed by atoms with Crippen molar-refractivity contribution < 1.29 is 9.53 Å². The molecule has 0 radical (unpaired) electrons. The van der Waals surface area contributed by atoms with Gasteiger partial charge < -0.3 is 15.8 Å². The largest absolute Gasteiger partial charge is 0.473 e. The maximum Gasteiger partial charge on any atom is 0.255 e. The molecule has 2 rings (SSSR count). The minimum atomic E-state index is -0.328. The Bertz CT molecular complexity index is 639. The average Bonchev–Trinajstić information content (AvgIpc) is 2.39. The summed E-state index contributed by atoms with van der Waals surface area (Å²) < 4.78 is 5.55. The Morgan fingerprint density at radius 1 is 1.38 bits per heavy atom. The molecule has 5 nitrogen and oxygen atoms in total. The van der Waals surface area contributed by atoms with E-state index in [0.717, 1.165) is 0 Å². The van der Waals surface area contributed by atoms with Gasteiger partial charge in [-0.15, -0.1) is 0 Å². The number of ether oxygens (including phenoxy) is 1. The van der Waals surface area contributed by atoms with Crippen LogP contribution >= 0.6 is 11.6 Å². The van der Waals surface area contributed by atoms with Gasteiger partial charge in [-0.25, -0.2) is 4.98 Å². The quantitative estimate of drug-likeness (QED) is 0.849. The van der Waals surface area contributed by atoms with Gasteiger partial charge in [0.15, 0.2) is 0 Å². The third-order valence-corrected chi connectivity index (χ3v) is 2.77. The lowest BCUT2D eigenvalue weighted by atomic mass is 10.2. The fraction of sp³-hybridized carbons (Fsp3) is 0.200. The summed E-state index contributed by atoms with van der Waals surface area (Å²) in [5.74, 6) is 0.0432. The number of amides is 1. The van der Waals surface area contributed by atoms with Crippen molar-refractivity contribution in [1.29, 1.82) is 0 Å². The molecular weight excluding hydrogens is 290 g/mol. The van der Waals surface area contributed by atoms with Gasteiger partial charge in [0.05, 0.1) is 6.10 Å². The lowest BCUT2D eigenvalue weighted by Crippen LogP contribution is -2.15. The van der Waals surface area contributed by atoms with Crippen molar-refractivity contribution in [2.45, 2.75) is 20.0 Å². The summed E-state index contributed by atoms with van der Waals surface area (Å²) in [5.41, 5.74) is 6.98. The second kappa shape index (κ2) is 6.45. The van der Waals surface area contributed by atoms with E-state index in [4.69, 9.17) is 22.1 Å². The summed E-state index contributed by atoms with van der Waals surface area (Å²) in [6, 6.07) is 8.12. The molecule has 110 valence electrons. The zero-order chi connectivity index (χ0) is 15.4. The van der Waals surface area contributed by atoms with Gasteiger partial charge in [-0.05, 0) is 44.2 Å². The molecule has 3 N–H and O–H groups in total. The highest BCUT2D eigenvalue weighted by molar-refractivity contribution is 6.31. The molecule has 1 heterocycles. The van der Waals surface area contributed by atoms with E-state index < -0.39 is 0 Å². The van der Waals surface area contributed by atoms with Crippen molar-refractivity contribution in [3.63, 3.8) is 0 Å². The minimum absolute atomic E-state index is 0.0441. The van der Waals surface area contributed by atoms with E-state index in [9.17, 15) is 4.79 Å². The van der Waals surface area contributed by atoms with Crippen LogP contribution in [0, 0.1) is 0 Å². The first kappa shape index (κ1) is 15.1. The smallest absolute Gasteiger partial charge is 0.255 e. The molecule has 1 amide bonds. The molecule has 0 saturated carbocycles. The van der Waals surface area contributed by atoms with Crippen LogP contribution < -0.4 is 15.8 Å². The SMILES string of the molecule is CC(C)Oc1ncccc1NC(=O)c1cc(N)cc(Cl)c1. The molecule has 0 aliphatic carbocycles. The van der Waals surface area contributed by atoms with Gasteiger partial charge in [-0.1, -0.05) is 11.6 Å². The molecule has 0 fully saturated rings. The Hall–Kier alpha value is -2.27. The number of benzene rings is 1. The van der Waals surface area contributed by atoms with Gasteiger partial charge in [0.25, 0.3) is 5.91 Å². The van der Waals surface area contributed by atoms with Crippen LogP contribution in [0.5, 0.6) is 5.88 Å². The van der Waals surface area contributed by atoms with E-state index in [1.807, 2.05) is 13.8 Å². The molecule has 0 aliphatic heterocycles. The van der Waals surface area contributed by atoms with Crippen LogP contribution in [0.2, 0.25) is 5.02 Å². The van der Waals surface area contributed by atoms with Gasteiger partial charge in [-0.3, -0.25) is 4.79 Å². The number of nitrogens with one attached hydrogen (secondary N) is 1. The van der Waals surface area contributed by atoms with Crippen LogP contribution in [0.15, 0.2) is 36.5 Å².